The van der Waals surface area contributed by atoms with E-state index in [9.17, 15) is 14.3 Å². The van der Waals surface area contributed by atoms with E-state index in [1.165, 1.54) is 12.1 Å². The van der Waals surface area contributed by atoms with Gasteiger partial charge in [0.05, 0.1) is 38.6 Å². The van der Waals surface area contributed by atoms with Gasteiger partial charge in [-0.05, 0) is 48.2 Å². The maximum atomic E-state index is 13.3. The highest BCUT2D eigenvalue weighted by Gasteiger charge is 2.23. The minimum absolute atomic E-state index is 0.157. The number of nitrogens with one attached hydrogen (secondary N) is 1. The predicted octanol–water partition coefficient (Wildman–Crippen LogP) is 4.28. The van der Waals surface area contributed by atoms with Crippen LogP contribution in [0.2, 0.25) is 0 Å². The number of hydrogen-bond donors (Lipinski definition) is 2. The number of methoxy groups -OCH3 is 2. The van der Waals surface area contributed by atoms with Crippen molar-refractivity contribution in [3.63, 3.8) is 0 Å². The molecule has 0 aliphatic carbocycles. The number of nitrogens with zero attached hydrogens (tertiary/aromatic N) is 2. The first kappa shape index (κ1) is 20.7. The van der Waals surface area contributed by atoms with Gasteiger partial charge in [0.1, 0.15) is 5.82 Å². The van der Waals surface area contributed by atoms with Crippen LogP contribution in [0.1, 0.15) is 30.0 Å². The Morgan fingerprint density at radius 3 is 2.61 bits per heavy atom. The lowest BCUT2D eigenvalue weighted by Gasteiger charge is -2.19. The van der Waals surface area contributed by atoms with Crippen molar-refractivity contribution >= 4 is 11.9 Å². The van der Waals surface area contributed by atoms with Crippen LogP contribution in [0.25, 0.3) is 11.3 Å². The second kappa shape index (κ2) is 8.67. The van der Waals surface area contributed by atoms with E-state index in [0.717, 1.165) is 36.2 Å². The molecule has 8 heteroatoms. The van der Waals surface area contributed by atoms with Crippen molar-refractivity contribution in [2.75, 3.05) is 19.5 Å². The largest absolute Gasteiger partial charge is 0.493 e. The van der Waals surface area contributed by atoms with Crippen LogP contribution in [0, 0.1) is 5.82 Å². The lowest BCUT2D eigenvalue weighted by molar-refractivity contribution is -0.137. The number of carboxylic acids is 1. The molecule has 0 fully saturated rings. The molecule has 1 atom stereocenters. The van der Waals surface area contributed by atoms with Crippen molar-refractivity contribution in [2.45, 2.75) is 31.8 Å². The van der Waals surface area contributed by atoms with Crippen molar-refractivity contribution in [1.29, 1.82) is 0 Å². The van der Waals surface area contributed by atoms with E-state index in [0.29, 0.717) is 23.0 Å². The van der Waals surface area contributed by atoms with Gasteiger partial charge in [-0.25, -0.2) is 9.37 Å². The second-order valence-electron chi connectivity index (χ2n) is 7.43. The maximum Gasteiger partial charge on any atom is 0.305 e. The minimum atomic E-state index is -0.952. The van der Waals surface area contributed by atoms with E-state index in [1.54, 1.807) is 32.5 Å². The molecule has 0 amide bonds. The van der Waals surface area contributed by atoms with E-state index in [1.807, 2.05) is 12.1 Å². The summed E-state index contributed by atoms with van der Waals surface area (Å²) in [5.41, 5.74) is 3.75. The summed E-state index contributed by atoms with van der Waals surface area (Å²) in [6, 6.07) is 9.24. The number of carboxylic acid groups (broad SMARTS) is 1. The number of aliphatic carboxylic acids is 1. The third-order valence-electron chi connectivity index (χ3n) is 5.52. The third-order valence-corrected chi connectivity index (χ3v) is 5.52. The van der Waals surface area contributed by atoms with Gasteiger partial charge in [-0.2, -0.15) is 0 Å². The number of ether oxygens (including phenoxy) is 2. The Kier molecular flexibility index (Phi) is 5.79. The zero-order valence-electron chi connectivity index (χ0n) is 17.4. The topological polar surface area (TPSA) is 85.6 Å². The number of fused-ring (bicyclic) bond motifs is 3. The van der Waals surface area contributed by atoms with Crippen LogP contribution in [0.5, 0.6) is 11.5 Å². The lowest BCUT2D eigenvalue weighted by atomic mass is 10.0. The fourth-order valence-corrected chi connectivity index (χ4v) is 4.00. The molecule has 2 heterocycles. The molecule has 2 N–H and O–H groups in total. The Balaban J connectivity index is 1.72. The highest BCUT2D eigenvalue weighted by Crippen LogP contribution is 2.39. The van der Waals surface area contributed by atoms with E-state index in [4.69, 9.17) is 9.47 Å². The minimum Gasteiger partial charge on any atom is -0.493 e. The molecule has 4 rings (SSSR count). The van der Waals surface area contributed by atoms with Crippen molar-refractivity contribution in [3.8, 4) is 22.8 Å². The number of halogens is 1. The molecule has 0 saturated carbocycles. The first-order valence-corrected chi connectivity index (χ1v) is 10.0. The van der Waals surface area contributed by atoms with Gasteiger partial charge in [0.2, 0.25) is 5.95 Å². The molecule has 1 aromatic heterocycles. The van der Waals surface area contributed by atoms with Gasteiger partial charge >= 0.3 is 5.97 Å². The van der Waals surface area contributed by atoms with Gasteiger partial charge in [0, 0.05) is 12.1 Å². The predicted molar refractivity (Wildman–Crippen MR) is 114 cm³/mol. The molecule has 0 saturated heterocycles. The molecule has 1 unspecified atom stereocenters. The molecule has 0 radical (unpaired) electrons. The summed E-state index contributed by atoms with van der Waals surface area (Å²) in [7, 11) is 3.22. The monoisotopic (exact) mass is 425 g/mol. The molecule has 7 nitrogen and oxygen atoms in total. The summed E-state index contributed by atoms with van der Waals surface area (Å²) in [6.07, 6.45) is 3.38. The quantitative estimate of drug-likeness (QED) is 0.588. The highest BCUT2D eigenvalue weighted by atomic mass is 19.1. The number of aryl methyl sites for hydroxylation is 1. The van der Waals surface area contributed by atoms with Crippen LogP contribution < -0.4 is 14.8 Å². The van der Waals surface area contributed by atoms with Crippen LogP contribution in [-0.2, 0) is 17.8 Å². The zero-order chi connectivity index (χ0) is 22.0. The van der Waals surface area contributed by atoms with Gasteiger partial charge in [-0.15, -0.1) is 0 Å². The Bertz CT molecular complexity index is 1090. The summed E-state index contributed by atoms with van der Waals surface area (Å²) in [6.45, 7) is 0.722. The van der Waals surface area contributed by atoms with Gasteiger partial charge < -0.3 is 24.5 Å². The van der Waals surface area contributed by atoms with Crippen LogP contribution in [0.15, 0.2) is 42.6 Å². The third kappa shape index (κ3) is 4.19. The molecular weight excluding hydrogens is 401 g/mol. The van der Waals surface area contributed by atoms with E-state index in [-0.39, 0.29) is 12.2 Å². The molecule has 0 spiro atoms. The van der Waals surface area contributed by atoms with Crippen molar-refractivity contribution in [2.24, 2.45) is 0 Å². The average Bonchev–Trinajstić information content (AvgIpc) is 3.06. The lowest BCUT2D eigenvalue weighted by Crippen LogP contribution is -2.18. The number of imidazole rings is 1. The zero-order valence-corrected chi connectivity index (χ0v) is 17.4. The molecule has 1 aliphatic heterocycles. The maximum absolute atomic E-state index is 13.3. The smallest absolute Gasteiger partial charge is 0.305 e. The normalized spacial score (nSPS) is 13.5. The van der Waals surface area contributed by atoms with E-state index >= 15 is 0 Å². The Morgan fingerprint density at radius 1 is 1.23 bits per heavy atom. The first-order valence-electron chi connectivity index (χ1n) is 10.0. The highest BCUT2D eigenvalue weighted by molar-refractivity contribution is 5.71. The number of hydrogen-bond acceptors (Lipinski definition) is 5. The fraction of sp³-hybridized carbons (Fsp3) is 0.304. The number of anilines is 1. The molecule has 31 heavy (non-hydrogen) atoms. The SMILES string of the molecule is COc1cc2c(cc1OC)-c1cnc(NC(CC(=O)O)c3ccc(F)cc3)n1CCC2. The number of rotatable bonds is 7. The van der Waals surface area contributed by atoms with Crippen LogP contribution in [-0.4, -0.2) is 34.8 Å². The molecule has 3 aromatic rings. The summed E-state index contributed by atoms with van der Waals surface area (Å²) in [5, 5.41) is 12.6. The van der Waals surface area contributed by atoms with Crippen LogP contribution >= 0.6 is 0 Å². The Morgan fingerprint density at radius 2 is 1.94 bits per heavy atom. The molecule has 162 valence electrons. The molecular formula is C23H24FN3O4. The molecule has 2 aromatic carbocycles. The van der Waals surface area contributed by atoms with Crippen LogP contribution in [0.3, 0.4) is 0 Å². The second-order valence-corrected chi connectivity index (χ2v) is 7.43. The number of carbonyl (C=O) groups is 1. The van der Waals surface area contributed by atoms with Gasteiger partial charge in [-0.1, -0.05) is 12.1 Å². The van der Waals surface area contributed by atoms with E-state index in [2.05, 4.69) is 14.9 Å². The number of aromatic nitrogens is 2. The first-order chi connectivity index (χ1) is 15.0. The van der Waals surface area contributed by atoms with Crippen molar-refractivity contribution in [3.05, 3.63) is 59.5 Å². The fourth-order valence-electron chi connectivity index (χ4n) is 4.00. The number of benzene rings is 2. The Labute approximate surface area is 179 Å². The molecule has 1 aliphatic rings. The summed E-state index contributed by atoms with van der Waals surface area (Å²) in [4.78, 5) is 16.0. The standard InChI is InChI=1S/C23H24FN3O4/c1-30-20-10-15-4-3-9-27-19(17(15)11-21(20)31-2)13-25-23(27)26-18(12-22(28)29)14-5-7-16(24)8-6-14/h5-8,10-11,13,18H,3-4,9,12H2,1-2H3,(H,25,26)(H,28,29). The summed E-state index contributed by atoms with van der Waals surface area (Å²) < 4.78 is 26.3. The van der Waals surface area contributed by atoms with Crippen molar-refractivity contribution in [1.82, 2.24) is 9.55 Å². The van der Waals surface area contributed by atoms with Gasteiger partial charge in [0.25, 0.3) is 0 Å². The molecule has 0 bridgehead atoms. The van der Waals surface area contributed by atoms with Crippen molar-refractivity contribution < 1.29 is 23.8 Å². The summed E-state index contributed by atoms with van der Waals surface area (Å²) >= 11 is 0. The van der Waals surface area contributed by atoms with Gasteiger partial charge in [0.15, 0.2) is 11.5 Å². The summed E-state index contributed by atoms with van der Waals surface area (Å²) in [5.74, 6) is 0.583. The van der Waals surface area contributed by atoms with E-state index < -0.39 is 12.0 Å². The van der Waals surface area contributed by atoms with Gasteiger partial charge in [-0.3, -0.25) is 4.79 Å². The average molecular weight is 425 g/mol. The van der Waals surface area contributed by atoms with Crippen LogP contribution in [0.4, 0.5) is 10.3 Å². The Hall–Kier alpha value is -3.55.